The van der Waals surface area contributed by atoms with Gasteiger partial charge in [-0.2, -0.15) is 18.3 Å². The number of aromatic nitrogens is 2. The minimum absolute atomic E-state index is 0.0646. The Morgan fingerprint density at radius 1 is 1.29 bits per heavy atom. The first-order valence-electron chi connectivity index (χ1n) is 6.12. The van der Waals surface area contributed by atoms with Crippen LogP contribution in [-0.2, 0) is 6.18 Å². The van der Waals surface area contributed by atoms with Crippen LogP contribution < -0.4 is 5.32 Å². The van der Waals surface area contributed by atoms with Crippen molar-refractivity contribution in [1.82, 2.24) is 9.78 Å². The maximum Gasteiger partial charge on any atom is 0.435 e. The Bertz CT molecular complexity index is 600. The Labute approximate surface area is 124 Å². The van der Waals surface area contributed by atoms with E-state index in [4.69, 9.17) is 11.6 Å². The van der Waals surface area contributed by atoms with Crippen molar-refractivity contribution in [2.45, 2.75) is 12.3 Å². The van der Waals surface area contributed by atoms with Crippen molar-refractivity contribution in [3.63, 3.8) is 0 Å². The van der Waals surface area contributed by atoms with E-state index in [1.54, 1.807) is 24.3 Å². The molecular weight excluding hydrogens is 307 g/mol. The smallest absolute Gasteiger partial charge is 0.390 e. The summed E-state index contributed by atoms with van der Waals surface area (Å²) in [5, 5.41) is 15.9. The molecule has 1 heterocycles. The van der Waals surface area contributed by atoms with E-state index in [0.717, 1.165) is 10.7 Å². The van der Waals surface area contributed by atoms with Crippen molar-refractivity contribution in [3.05, 3.63) is 42.2 Å². The Hall–Kier alpha value is -1.73. The zero-order valence-corrected chi connectivity index (χ0v) is 11.6. The molecule has 1 aromatic heterocycles. The molecule has 0 saturated carbocycles. The fourth-order valence-electron chi connectivity index (χ4n) is 1.71. The number of hydrogen-bond donors (Lipinski definition) is 2. The molecule has 0 aliphatic heterocycles. The van der Waals surface area contributed by atoms with Gasteiger partial charge in [-0.25, -0.2) is 4.68 Å². The van der Waals surface area contributed by atoms with E-state index in [1.165, 1.54) is 6.20 Å². The third-order valence-electron chi connectivity index (χ3n) is 2.74. The molecule has 0 fully saturated rings. The van der Waals surface area contributed by atoms with Crippen molar-refractivity contribution in [2.75, 3.05) is 17.7 Å². The second-order valence-electron chi connectivity index (χ2n) is 4.35. The van der Waals surface area contributed by atoms with Crippen LogP contribution in [0.15, 0.2) is 36.5 Å². The summed E-state index contributed by atoms with van der Waals surface area (Å²) in [5.74, 6) is 0.0646. The van der Waals surface area contributed by atoms with Gasteiger partial charge >= 0.3 is 6.18 Å². The summed E-state index contributed by atoms with van der Waals surface area (Å²) in [7, 11) is 0. The number of aliphatic hydroxyl groups excluding tert-OH is 1. The van der Waals surface area contributed by atoms with Gasteiger partial charge in [-0.3, -0.25) is 0 Å². The predicted octanol–water partition coefficient (Wildman–Crippen LogP) is 2.90. The molecular formula is C13H13ClF3N3O. The van der Waals surface area contributed by atoms with Crippen LogP contribution in [0, 0.1) is 0 Å². The van der Waals surface area contributed by atoms with Gasteiger partial charge in [0.15, 0.2) is 5.69 Å². The maximum absolute atomic E-state index is 12.6. The van der Waals surface area contributed by atoms with Gasteiger partial charge in [0.25, 0.3) is 0 Å². The van der Waals surface area contributed by atoms with Gasteiger partial charge in [-0.1, -0.05) is 12.1 Å². The summed E-state index contributed by atoms with van der Waals surface area (Å²) in [6.45, 7) is 0.188. The van der Waals surface area contributed by atoms with Gasteiger partial charge in [-0.15, -0.1) is 11.6 Å². The van der Waals surface area contributed by atoms with E-state index < -0.39 is 18.0 Å². The van der Waals surface area contributed by atoms with E-state index in [2.05, 4.69) is 10.4 Å². The highest BCUT2D eigenvalue weighted by Crippen LogP contribution is 2.28. The van der Waals surface area contributed by atoms with Gasteiger partial charge in [-0.05, 0) is 18.2 Å². The Morgan fingerprint density at radius 3 is 2.62 bits per heavy atom. The molecule has 0 bridgehead atoms. The molecule has 1 unspecified atom stereocenters. The zero-order chi connectivity index (χ0) is 15.5. The lowest BCUT2D eigenvalue weighted by molar-refractivity contribution is -0.141. The minimum atomic E-state index is -4.48. The highest BCUT2D eigenvalue weighted by atomic mass is 35.5. The van der Waals surface area contributed by atoms with Crippen molar-refractivity contribution < 1.29 is 18.3 Å². The highest BCUT2D eigenvalue weighted by Gasteiger charge is 2.33. The Balaban J connectivity index is 2.25. The zero-order valence-electron chi connectivity index (χ0n) is 10.8. The molecule has 114 valence electrons. The Kier molecular flexibility index (Phi) is 4.74. The summed E-state index contributed by atoms with van der Waals surface area (Å²) < 4.78 is 38.9. The third kappa shape index (κ3) is 3.89. The van der Waals surface area contributed by atoms with Crippen molar-refractivity contribution in [2.24, 2.45) is 0 Å². The molecule has 0 aliphatic rings. The molecule has 8 heteroatoms. The molecule has 0 spiro atoms. The number of rotatable bonds is 5. The minimum Gasteiger partial charge on any atom is -0.390 e. The van der Waals surface area contributed by atoms with Crippen LogP contribution in [-0.4, -0.2) is 33.4 Å². The molecule has 4 nitrogen and oxygen atoms in total. The number of nitrogens with one attached hydrogen (secondary N) is 1. The molecule has 21 heavy (non-hydrogen) atoms. The lowest BCUT2D eigenvalue weighted by atomic mass is 10.2. The van der Waals surface area contributed by atoms with Gasteiger partial charge in [0.05, 0.1) is 23.4 Å². The standard InChI is InChI=1S/C13H13ClF3N3O/c14-7-9(21)8-18-10-3-1-2-4-11(10)20-6-5-12(19-20)13(15,16)17/h1-6,9,18,21H,7-8H2. The molecule has 0 amide bonds. The Morgan fingerprint density at radius 2 is 2.00 bits per heavy atom. The van der Waals surface area contributed by atoms with Crippen molar-refractivity contribution >= 4 is 17.3 Å². The third-order valence-corrected chi connectivity index (χ3v) is 3.09. The molecule has 0 aliphatic carbocycles. The van der Waals surface area contributed by atoms with Gasteiger partial charge in [0.2, 0.25) is 0 Å². The van der Waals surface area contributed by atoms with Gasteiger partial charge in [0.1, 0.15) is 0 Å². The van der Waals surface area contributed by atoms with Gasteiger partial charge in [0, 0.05) is 12.7 Å². The topological polar surface area (TPSA) is 50.1 Å². The summed E-state index contributed by atoms with van der Waals surface area (Å²) in [6, 6.07) is 7.64. The number of hydrogen-bond acceptors (Lipinski definition) is 3. The molecule has 2 aromatic rings. The first-order valence-corrected chi connectivity index (χ1v) is 6.65. The number of aliphatic hydroxyl groups is 1. The van der Waals surface area contributed by atoms with E-state index in [0.29, 0.717) is 11.4 Å². The lowest BCUT2D eigenvalue weighted by Gasteiger charge is -2.14. The number of halogens is 4. The highest BCUT2D eigenvalue weighted by molar-refractivity contribution is 6.18. The summed E-state index contributed by atoms with van der Waals surface area (Å²) in [4.78, 5) is 0. The molecule has 0 radical (unpaired) electrons. The largest absolute Gasteiger partial charge is 0.435 e. The van der Waals surface area contributed by atoms with E-state index >= 15 is 0 Å². The van der Waals surface area contributed by atoms with Crippen molar-refractivity contribution in [1.29, 1.82) is 0 Å². The average molecular weight is 320 g/mol. The fraction of sp³-hybridized carbons (Fsp3) is 0.308. The molecule has 2 rings (SSSR count). The SMILES string of the molecule is OC(CCl)CNc1ccccc1-n1ccc(C(F)(F)F)n1. The second-order valence-corrected chi connectivity index (χ2v) is 4.66. The molecule has 1 aromatic carbocycles. The monoisotopic (exact) mass is 319 g/mol. The van der Waals surface area contributed by atoms with Crippen LogP contribution >= 0.6 is 11.6 Å². The van der Waals surface area contributed by atoms with E-state index in [9.17, 15) is 18.3 Å². The summed E-state index contributed by atoms with van der Waals surface area (Å²) in [5.41, 5.74) is 0.0476. The number of para-hydroxylation sites is 2. The van der Waals surface area contributed by atoms with Crippen LogP contribution in [0.2, 0.25) is 0 Å². The second kappa shape index (κ2) is 6.36. The molecule has 2 N–H and O–H groups in total. The van der Waals surface area contributed by atoms with Crippen LogP contribution in [0.4, 0.5) is 18.9 Å². The summed E-state index contributed by atoms with van der Waals surface area (Å²) in [6.07, 6.45) is -3.99. The number of alkyl halides is 4. The van der Waals surface area contributed by atoms with Crippen molar-refractivity contribution in [3.8, 4) is 5.69 Å². The van der Waals surface area contributed by atoms with Crippen LogP contribution in [0.1, 0.15) is 5.69 Å². The molecule has 0 saturated heterocycles. The number of benzene rings is 1. The normalized spacial score (nSPS) is 13.2. The van der Waals surface area contributed by atoms with E-state index in [-0.39, 0.29) is 12.4 Å². The van der Waals surface area contributed by atoms with Crippen LogP contribution in [0.5, 0.6) is 0 Å². The maximum atomic E-state index is 12.6. The quantitative estimate of drug-likeness (QED) is 0.833. The lowest BCUT2D eigenvalue weighted by Crippen LogP contribution is -2.21. The first kappa shape index (κ1) is 15.7. The number of nitrogens with zero attached hydrogens (tertiary/aromatic N) is 2. The van der Waals surface area contributed by atoms with Gasteiger partial charge < -0.3 is 10.4 Å². The van der Waals surface area contributed by atoms with E-state index in [1.807, 2.05) is 0 Å². The van der Waals surface area contributed by atoms with Crippen LogP contribution in [0.3, 0.4) is 0 Å². The predicted molar refractivity (Wildman–Crippen MR) is 73.8 cm³/mol. The summed E-state index contributed by atoms with van der Waals surface area (Å²) >= 11 is 5.50. The molecule has 1 atom stereocenters. The average Bonchev–Trinajstić information content (AvgIpc) is 2.94. The first-order chi connectivity index (χ1) is 9.91. The van der Waals surface area contributed by atoms with Crippen LogP contribution in [0.25, 0.3) is 5.69 Å². The fourth-order valence-corrected chi connectivity index (χ4v) is 1.82. The number of anilines is 1.